The molecule has 5 heteroatoms. The first-order valence-electron chi connectivity index (χ1n) is 6.11. The van der Waals surface area contributed by atoms with Crippen molar-refractivity contribution in [1.29, 1.82) is 0 Å². The Labute approximate surface area is 120 Å². The number of halogens is 2. The molecule has 0 saturated carbocycles. The van der Waals surface area contributed by atoms with Crippen LogP contribution in [0, 0.1) is 12.7 Å². The first kappa shape index (κ1) is 13.9. The van der Waals surface area contributed by atoms with Crippen LogP contribution in [0.5, 0.6) is 0 Å². The van der Waals surface area contributed by atoms with Crippen molar-refractivity contribution in [3.63, 3.8) is 0 Å². The van der Waals surface area contributed by atoms with Gasteiger partial charge in [-0.15, -0.1) is 0 Å². The smallest absolute Gasteiger partial charge is 0.141 e. The molecular weight excluding hydrogens is 309 g/mol. The predicted molar refractivity (Wildman–Crippen MR) is 77.5 cm³/mol. The van der Waals surface area contributed by atoms with Crippen LogP contribution in [0.4, 0.5) is 10.1 Å². The average molecular weight is 324 g/mol. The van der Waals surface area contributed by atoms with Crippen LogP contribution >= 0.6 is 15.9 Å². The van der Waals surface area contributed by atoms with Crippen LogP contribution in [0.2, 0.25) is 0 Å². The molecule has 2 heterocycles. The molecule has 2 aromatic heterocycles. The molecule has 0 spiro atoms. The average Bonchev–Trinajstić information content (AvgIpc) is 2.39. The van der Waals surface area contributed by atoms with Gasteiger partial charge in [0, 0.05) is 0 Å². The van der Waals surface area contributed by atoms with Crippen LogP contribution in [-0.4, -0.2) is 9.97 Å². The second-order valence-electron chi connectivity index (χ2n) is 4.27. The number of nitrogens with zero attached hydrogens (tertiary/aromatic N) is 2. The van der Waals surface area contributed by atoms with Gasteiger partial charge in [-0.25, -0.2) is 9.37 Å². The van der Waals surface area contributed by atoms with E-state index in [2.05, 4.69) is 38.1 Å². The Morgan fingerprint density at radius 1 is 1.32 bits per heavy atom. The van der Waals surface area contributed by atoms with E-state index in [9.17, 15) is 4.39 Å². The lowest BCUT2D eigenvalue weighted by atomic mass is 10.1. The van der Waals surface area contributed by atoms with Crippen molar-refractivity contribution in [3.8, 4) is 0 Å². The normalized spacial score (nSPS) is 12.2. The van der Waals surface area contributed by atoms with Crippen molar-refractivity contribution in [2.45, 2.75) is 26.3 Å². The highest BCUT2D eigenvalue weighted by Crippen LogP contribution is 2.24. The molecule has 0 aliphatic carbocycles. The van der Waals surface area contributed by atoms with Gasteiger partial charge >= 0.3 is 0 Å². The van der Waals surface area contributed by atoms with Gasteiger partial charge in [-0.3, -0.25) is 4.98 Å². The van der Waals surface area contributed by atoms with Gasteiger partial charge in [0.1, 0.15) is 10.4 Å². The summed E-state index contributed by atoms with van der Waals surface area (Å²) in [6.07, 6.45) is 2.10. The van der Waals surface area contributed by atoms with E-state index >= 15 is 0 Å². The van der Waals surface area contributed by atoms with Crippen LogP contribution in [0.3, 0.4) is 0 Å². The minimum absolute atomic E-state index is 0.0438. The molecule has 0 aromatic carbocycles. The Hall–Kier alpha value is -1.49. The van der Waals surface area contributed by atoms with E-state index in [1.165, 1.54) is 12.3 Å². The van der Waals surface area contributed by atoms with Crippen LogP contribution in [0.15, 0.2) is 35.1 Å². The number of aryl methyl sites for hydroxylation is 1. The topological polar surface area (TPSA) is 37.8 Å². The van der Waals surface area contributed by atoms with Gasteiger partial charge in [0.2, 0.25) is 0 Å². The third-order valence-corrected chi connectivity index (χ3v) is 3.34. The maximum atomic E-state index is 12.9. The van der Waals surface area contributed by atoms with Gasteiger partial charge in [-0.05, 0) is 53.5 Å². The van der Waals surface area contributed by atoms with Gasteiger partial charge in [0.15, 0.2) is 0 Å². The predicted octanol–water partition coefficient (Wildman–Crippen LogP) is 4.25. The molecule has 0 fully saturated rings. The molecule has 2 rings (SSSR count). The quantitative estimate of drug-likeness (QED) is 0.855. The van der Waals surface area contributed by atoms with Crippen molar-refractivity contribution in [1.82, 2.24) is 9.97 Å². The highest BCUT2D eigenvalue weighted by molar-refractivity contribution is 9.10. The molecule has 0 aliphatic heterocycles. The van der Waals surface area contributed by atoms with E-state index in [1.807, 2.05) is 19.1 Å². The Bertz CT molecular complexity index is 557. The lowest BCUT2D eigenvalue weighted by molar-refractivity contribution is 0.614. The molecule has 1 atom stereocenters. The SMILES string of the molecule is CCC(Nc1ccc(Br)nc1C)c1ccc(F)cn1. The molecule has 100 valence electrons. The summed E-state index contributed by atoms with van der Waals surface area (Å²) in [4.78, 5) is 8.47. The minimum atomic E-state index is -0.319. The maximum absolute atomic E-state index is 12.9. The summed E-state index contributed by atoms with van der Waals surface area (Å²) in [5.74, 6) is -0.319. The first-order valence-corrected chi connectivity index (χ1v) is 6.90. The van der Waals surface area contributed by atoms with Crippen molar-refractivity contribution in [2.24, 2.45) is 0 Å². The molecule has 0 saturated heterocycles. The van der Waals surface area contributed by atoms with Crippen molar-refractivity contribution in [2.75, 3.05) is 5.32 Å². The number of rotatable bonds is 4. The molecule has 19 heavy (non-hydrogen) atoms. The van der Waals surface area contributed by atoms with E-state index in [0.717, 1.165) is 28.1 Å². The van der Waals surface area contributed by atoms with Crippen LogP contribution < -0.4 is 5.32 Å². The van der Waals surface area contributed by atoms with Crippen molar-refractivity contribution >= 4 is 21.6 Å². The summed E-state index contributed by atoms with van der Waals surface area (Å²) in [7, 11) is 0. The maximum Gasteiger partial charge on any atom is 0.141 e. The molecule has 0 bridgehead atoms. The lowest BCUT2D eigenvalue weighted by Gasteiger charge is -2.19. The lowest BCUT2D eigenvalue weighted by Crippen LogP contribution is -2.12. The van der Waals surface area contributed by atoms with Gasteiger partial charge in [-0.2, -0.15) is 0 Å². The number of anilines is 1. The second kappa shape index (κ2) is 6.10. The highest BCUT2D eigenvalue weighted by Gasteiger charge is 2.12. The monoisotopic (exact) mass is 323 g/mol. The zero-order valence-electron chi connectivity index (χ0n) is 10.8. The summed E-state index contributed by atoms with van der Waals surface area (Å²) < 4.78 is 13.7. The molecule has 1 N–H and O–H groups in total. The largest absolute Gasteiger partial charge is 0.375 e. The third-order valence-electron chi connectivity index (χ3n) is 2.90. The molecular formula is C14H15BrFN3. The first-order chi connectivity index (χ1) is 9.10. The Morgan fingerprint density at radius 2 is 2.11 bits per heavy atom. The standard InChI is InChI=1S/C14H15BrFN3/c1-3-11(13-5-4-10(16)8-17-13)19-12-6-7-14(15)18-9(12)2/h4-8,11,19H,3H2,1-2H3. The summed E-state index contributed by atoms with van der Waals surface area (Å²) in [5, 5.41) is 3.39. The molecule has 0 radical (unpaired) electrons. The fourth-order valence-corrected chi connectivity index (χ4v) is 2.25. The molecule has 0 aliphatic rings. The fourth-order valence-electron chi connectivity index (χ4n) is 1.85. The minimum Gasteiger partial charge on any atom is -0.375 e. The van der Waals surface area contributed by atoms with Crippen LogP contribution in [-0.2, 0) is 0 Å². The third kappa shape index (κ3) is 3.50. The van der Waals surface area contributed by atoms with Gasteiger partial charge in [-0.1, -0.05) is 6.92 Å². The zero-order valence-corrected chi connectivity index (χ0v) is 12.4. The van der Waals surface area contributed by atoms with E-state index in [4.69, 9.17) is 0 Å². The Kier molecular flexibility index (Phi) is 4.47. The van der Waals surface area contributed by atoms with E-state index in [1.54, 1.807) is 6.07 Å². The number of pyridine rings is 2. The van der Waals surface area contributed by atoms with E-state index in [-0.39, 0.29) is 11.9 Å². The summed E-state index contributed by atoms with van der Waals surface area (Å²) in [6, 6.07) is 7.04. The molecule has 2 aromatic rings. The van der Waals surface area contributed by atoms with E-state index in [0.29, 0.717) is 0 Å². The fraction of sp³-hybridized carbons (Fsp3) is 0.286. The number of hydrogen-bond donors (Lipinski definition) is 1. The Morgan fingerprint density at radius 3 is 2.68 bits per heavy atom. The number of aromatic nitrogens is 2. The zero-order chi connectivity index (χ0) is 13.8. The van der Waals surface area contributed by atoms with Crippen LogP contribution in [0.25, 0.3) is 0 Å². The van der Waals surface area contributed by atoms with Crippen molar-refractivity contribution in [3.05, 3.63) is 52.3 Å². The van der Waals surface area contributed by atoms with Crippen LogP contribution in [0.1, 0.15) is 30.8 Å². The molecule has 1 unspecified atom stereocenters. The van der Waals surface area contributed by atoms with Gasteiger partial charge in [0.25, 0.3) is 0 Å². The van der Waals surface area contributed by atoms with Gasteiger partial charge < -0.3 is 5.32 Å². The number of nitrogens with one attached hydrogen (secondary N) is 1. The summed E-state index contributed by atoms with van der Waals surface area (Å²) in [6.45, 7) is 4.00. The Balaban J connectivity index is 2.21. The van der Waals surface area contributed by atoms with E-state index < -0.39 is 0 Å². The van der Waals surface area contributed by atoms with Gasteiger partial charge in [0.05, 0.1) is 29.3 Å². The van der Waals surface area contributed by atoms with Crippen molar-refractivity contribution < 1.29 is 4.39 Å². The highest BCUT2D eigenvalue weighted by atomic mass is 79.9. The molecule has 3 nitrogen and oxygen atoms in total. The summed E-state index contributed by atoms with van der Waals surface area (Å²) in [5.41, 5.74) is 2.70. The number of hydrogen-bond acceptors (Lipinski definition) is 3. The second-order valence-corrected chi connectivity index (χ2v) is 5.09. The molecule has 0 amide bonds. The summed E-state index contributed by atoms with van der Waals surface area (Å²) >= 11 is 3.34.